The van der Waals surface area contributed by atoms with E-state index >= 15 is 0 Å². The summed E-state index contributed by atoms with van der Waals surface area (Å²) in [5, 5.41) is 9.85. The summed E-state index contributed by atoms with van der Waals surface area (Å²) < 4.78 is 4.98. The van der Waals surface area contributed by atoms with Crippen LogP contribution in [0.3, 0.4) is 0 Å². The smallest absolute Gasteiger partial charge is 0.314 e. The van der Waals surface area contributed by atoms with Crippen molar-refractivity contribution in [2.75, 3.05) is 6.61 Å². The number of rotatable bonds is 2. The van der Waals surface area contributed by atoms with Gasteiger partial charge in [-0.25, -0.2) is 0 Å². The van der Waals surface area contributed by atoms with Crippen LogP contribution in [0.15, 0.2) is 12.7 Å². The maximum absolute atomic E-state index is 11.4. The molecule has 1 aliphatic heterocycles. The van der Waals surface area contributed by atoms with Crippen molar-refractivity contribution in [2.24, 2.45) is 11.3 Å². The van der Waals surface area contributed by atoms with Crippen LogP contribution >= 0.6 is 0 Å². The van der Waals surface area contributed by atoms with E-state index in [1.807, 2.05) is 6.92 Å². The molecule has 0 amide bonds. The zero-order valence-electron chi connectivity index (χ0n) is 8.12. The first kappa shape index (κ1) is 10.3. The Hall–Kier alpha value is -0.830. The molecule has 1 aliphatic rings. The number of ether oxygens (including phenoxy) is 1. The van der Waals surface area contributed by atoms with Crippen LogP contribution in [0, 0.1) is 11.3 Å². The highest BCUT2D eigenvalue weighted by Crippen LogP contribution is 2.36. The van der Waals surface area contributed by atoms with Crippen molar-refractivity contribution in [2.45, 2.75) is 26.4 Å². The summed E-state index contributed by atoms with van der Waals surface area (Å²) >= 11 is 0. The third-order valence-electron chi connectivity index (χ3n) is 2.70. The minimum absolute atomic E-state index is 0.00245. The number of aliphatic hydroxyl groups is 1. The molecule has 0 aromatic rings. The van der Waals surface area contributed by atoms with E-state index < -0.39 is 11.5 Å². The van der Waals surface area contributed by atoms with E-state index in [2.05, 4.69) is 6.58 Å². The normalized spacial score (nSPS) is 39.8. The number of carbonyl (C=O) groups is 1. The van der Waals surface area contributed by atoms with E-state index in [4.69, 9.17) is 4.74 Å². The summed E-state index contributed by atoms with van der Waals surface area (Å²) in [6.45, 7) is 7.48. The first-order valence-corrected chi connectivity index (χ1v) is 4.48. The van der Waals surface area contributed by atoms with Crippen molar-refractivity contribution < 1.29 is 14.6 Å². The highest BCUT2D eigenvalue weighted by Gasteiger charge is 2.47. The highest BCUT2D eigenvalue weighted by atomic mass is 16.5. The van der Waals surface area contributed by atoms with E-state index in [9.17, 15) is 9.90 Å². The molecule has 0 spiro atoms. The monoisotopic (exact) mass is 184 g/mol. The molecular formula is C10H16O3. The molecule has 1 heterocycles. The van der Waals surface area contributed by atoms with Crippen molar-refractivity contribution in [3.8, 4) is 0 Å². The Kier molecular flexibility index (Phi) is 2.76. The van der Waals surface area contributed by atoms with E-state index in [-0.39, 0.29) is 11.9 Å². The van der Waals surface area contributed by atoms with E-state index in [0.717, 1.165) is 0 Å². The second-order valence-electron chi connectivity index (χ2n) is 3.93. The summed E-state index contributed by atoms with van der Waals surface area (Å²) in [6.07, 6.45) is 1.46. The topological polar surface area (TPSA) is 46.5 Å². The van der Waals surface area contributed by atoms with Crippen molar-refractivity contribution >= 4 is 5.97 Å². The molecule has 74 valence electrons. The summed E-state index contributed by atoms with van der Waals surface area (Å²) in [5.41, 5.74) is -0.806. The number of aliphatic hydroxyl groups excluding tert-OH is 1. The van der Waals surface area contributed by atoms with Gasteiger partial charge in [0.1, 0.15) is 0 Å². The Balaban J connectivity index is 2.87. The lowest BCUT2D eigenvalue weighted by Crippen LogP contribution is -2.50. The van der Waals surface area contributed by atoms with Gasteiger partial charge in [-0.15, -0.1) is 6.58 Å². The molecule has 3 atom stereocenters. The zero-order valence-corrected chi connectivity index (χ0v) is 8.12. The fourth-order valence-corrected chi connectivity index (χ4v) is 1.72. The van der Waals surface area contributed by atoms with Crippen LogP contribution in [-0.2, 0) is 9.53 Å². The molecule has 1 fully saturated rings. The minimum Gasteiger partial charge on any atom is -0.465 e. The van der Waals surface area contributed by atoms with Crippen molar-refractivity contribution in [1.29, 1.82) is 0 Å². The van der Waals surface area contributed by atoms with Gasteiger partial charge in [0, 0.05) is 5.92 Å². The average molecular weight is 184 g/mol. The van der Waals surface area contributed by atoms with Crippen LogP contribution < -0.4 is 0 Å². The van der Waals surface area contributed by atoms with Gasteiger partial charge in [-0.05, 0) is 13.3 Å². The summed E-state index contributed by atoms with van der Waals surface area (Å²) in [7, 11) is 0. The molecule has 3 heteroatoms. The minimum atomic E-state index is -0.806. The summed E-state index contributed by atoms with van der Waals surface area (Å²) in [5.74, 6) is -0.319. The maximum Gasteiger partial charge on any atom is 0.314 e. The van der Waals surface area contributed by atoms with Gasteiger partial charge in [0.15, 0.2) is 0 Å². The number of carbonyl (C=O) groups excluding carboxylic acids is 1. The van der Waals surface area contributed by atoms with Crippen LogP contribution in [0.5, 0.6) is 0 Å². The van der Waals surface area contributed by atoms with Gasteiger partial charge in [0.05, 0.1) is 18.1 Å². The Bertz CT molecular complexity index is 224. The quantitative estimate of drug-likeness (QED) is 0.516. The zero-order chi connectivity index (χ0) is 10.1. The molecule has 0 unspecified atom stereocenters. The van der Waals surface area contributed by atoms with Crippen molar-refractivity contribution in [3.63, 3.8) is 0 Å². The average Bonchev–Trinajstić information content (AvgIpc) is 2.10. The molecule has 0 aromatic heterocycles. The van der Waals surface area contributed by atoms with Crippen LogP contribution in [0.25, 0.3) is 0 Å². The fourth-order valence-electron chi connectivity index (χ4n) is 1.72. The van der Waals surface area contributed by atoms with Gasteiger partial charge in [-0.1, -0.05) is 13.0 Å². The SMILES string of the molecule is C=CC[C@@]1(C)C(=O)OC[C@H](C)[C@@H]1O. The van der Waals surface area contributed by atoms with E-state index in [1.54, 1.807) is 13.0 Å². The molecule has 1 rings (SSSR count). The Labute approximate surface area is 78.4 Å². The van der Waals surface area contributed by atoms with Gasteiger partial charge in [0.25, 0.3) is 0 Å². The third kappa shape index (κ3) is 1.61. The predicted molar refractivity (Wildman–Crippen MR) is 49.1 cm³/mol. The molecule has 1 N–H and O–H groups in total. The lowest BCUT2D eigenvalue weighted by molar-refractivity contribution is -0.180. The molecule has 1 saturated heterocycles. The van der Waals surface area contributed by atoms with Crippen molar-refractivity contribution in [1.82, 2.24) is 0 Å². The second-order valence-corrected chi connectivity index (χ2v) is 3.93. The molecule has 13 heavy (non-hydrogen) atoms. The van der Waals surface area contributed by atoms with Gasteiger partial charge >= 0.3 is 5.97 Å². The molecule has 3 nitrogen and oxygen atoms in total. The first-order chi connectivity index (χ1) is 6.02. The molecule has 0 bridgehead atoms. The number of hydrogen-bond acceptors (Lipinski definition) is 3. The van der Waals surface area contributed by atoms with Gasteiger partial charge < -0.3 is 9.84 Å². The first-order valence-electron chi connectivity index (χ1n) is 4.48. The lowest BCUT2D eigenvalue weighted by Gasteiger charge is -2.39. The molecular weight excluding hydrogens is 168 g/mol. The number of cyclic esters (lactones) is 1. The highest BCUT2D eigenvalue weighted by molar-refractivity contribution is 5.78. The maximum atomic E-state index is 11.4. The predicted octanol–water partition coefficient (Wildman–Crippen LogP) is 1.12. The van der Waals surface area contributed by atoms with Crippen LogP contribution in [0.1, 0.15) is 20.3 Å². The number of hydrogen-bond donors (Lipinski definition) is 1. The largest absolute Gasteiger partial charge is 0.465 e. The van der Waals surface area contributed by atoms with Crippen LogP contribution in [-0.4, -0.2) is 23.8 Å². The fraction of sp³-hybridized carbons (Fsp3) is 0.700. The van der Waals surface area contributed by atoms with E-state index in [1.165, 1.54) is 0 Å². The standard InChI is InChI=1S/C10H16O3/c1-4-5-10(3)8(11)7(2)6-13-9(10)12/h4,7-8,11H,1,5-6H2,2-3H3/t7-,8-,10+/m0/s1. The Morgan fingerprint density at radius 2 is 2.46 bits per heavy atom. The van der Waals surface area contributed by atoms with E-state index in [0.29, 0.717) is 13.0 Å². The summed E-state index contributed by atoms with van der Waals surface area (Å²) in [6, 6.07) is 0. The van der Waals surface area contributed by atoms with Gasteiger partial charge in [-0.3, -0.25) is 4.79 Å². The summed E-state index contributed by atoms with van der Waals surface area (Å²) in [4.78, 5) is 11.4. The molecule has 0 radical (unpaired) electrons. The molecule has 0 aromatic carbocycles. The molecule has 0 saturated carbocycles. The lowest BCUT2D eigenvalue weighted by atomic mass is 9.74. The van der Waals surface area contributed by atoms with Gasteiger partial charge in [-0.2, -0.15) is 0 Å². The Morgan fingerprint density at radius 1 is 1.85 bits per heavy atom. The van der Waals surface area contributed by atoms with Gasteiger partial charge in [0.2, 0.25) is 0 Å². The number of esters is 1. The molecule has 0 aliphatic carbocycles. The Morgan fingerprint density at radius 3 is 3.00 bits per heavy atom. The van der Waals surface area contributed by atoms with Crippen LogP contribution in [0.4, 0.5) is 0 Å². The van der Waals surface area contributed by atoms with Crippen molar-refractivity contribution in [3.05, 3.63) is 12.7 Å². The second kappa shape index (κ2) is 3.50. The third-order valence-corrected chi connectivity index (χ3v) is 2.70. The van der Waals surface area contributed by atoms with Crippen LogP contribution in [0.2, 0.25) is 0 Å². The number of allylic oxidation sites excluding steroid dienone is 1.